The van der Waals surface area contributed by atoms with Crippen LogP contribution in [0.15, 0.2) is 42.6 Å². The van der Waals surface area contributed by atoms with Crippen molar-refractivity contribution in [2.24, 2.45) is 0 Å². The Kier molecular flexibility index (Phi) is 11.2. The van der Waals surface area contributed by atoms with Crippen LogP contribution in [0.5, 0.6) is 0 Å². The van der Waals surface area contributed by atoms with Gasteiger partial charge in [-0.2, -0.15) is 0 Å². The Balaban J connectivity index is 2.16. The zero-order valence-corrected chi connectivity index (χ0v) is 21.3. The summed E-state index contributed by atoms with van der Waals surface area (Å²) in [5.41, 5.74) is 3.62. The summed E-state index contributed by atoms with van der Waals surface area (Å²) in [5.74, 6) is 0.134. The van der Waals surface area contributed by atoms with Gasteiger partial charge in [-0.3, -0.25) is 9.59 Å². The van der Waals surface area contributed by atoms with Gasteiger partial charge in [0.25, 0.3) is 0 Å². The molecule has 0 N–H and O–H groups in total. The van der Waals surface area contributed by atoms with Crippen LogP contribution < -0.4 is 0 Å². The summed E-state index contributed by atoms with van der Waals surface area (Å²) in [4.78, 5) is 30.0. The number of benzene rings is 1. The Bertz CT molecular complexity index is 874. The van der Waals surface area contributed by atoms with Gasteiger partial charge in [0.05, 0.1) is 13.1 Å². The van der Waals surface area contributed by atoms with Crippen molar-refractivity contribution in [2.45, 2.75) is 92.3 Å². The molecule has 0 radical (unpaired) electrons. The van der Waals surface area contributed by atoms with Gasteiger partial charge in [-0.05, 0) is 50.8 Å². The molecular weight excluding hydrogens is 410 g/mol. The molecule has 5 nitrogen and oxygen atoms in total. The van der Waals surface area contributed by atoms with Crippen molar-refractivity contribution in [1.82, 2.24) is 14.4 Å². The van der Waals surface area contributed by atoms with Gasteiger partial charge in [-0.15, -0.1) is 0 Å². The third-order valence-corrected chi connectivity index (χ3v) is 6.34. The van der Waals surface area contributed by atoms with E-state index in [4.69, 9.17) is 0 Å². The average molecular weight is 454 g/mol. The lowest BCUT2D eigenvalue weighted by molar-refractivity contribution is -0.142. The minimum atomic E-state index is 0.0388. The highest BCUT2D eigenvalue weighted by Crippen LogP contribution is 2.15. The van der Waals surface area contributed by atoms with Gasteiger partial charge in [0.1, 0.15) is 0 Å². The largest absolute Gasteiger partial charge is 0.345 e. The minimum Gasteiger partial charge on any atom is -0.345 e. The number of hydrogen-bond donors (Lipinski definition) is 0. The van der Waals surface area contributed by atoms with Gasteiger partial charge in [-0.1, -0.05) is 63.4 Å². The van der Waals surface area contributed by atoms with E-state index in [1.807, 2.05) is 17.9 Å². The molecule has 1 aromatic heterocycles. The zero-order valence-electron chi connectivity index (χ0n) is 21.3. The first kappa shape index (κ1) is 26.7. The van der Waals surface area contributed by atoms with E-state index in [1.54, 1.807) is 4.90 Å². The predicted octanol–water partition coefficient (Wildman–Crippen LogP) is 5.79. The molecule has 0 fully saturated rings. The molecule has 182 valence electrons. The monoisotopic (exact) mass is 453 g/mol. The fraction of sp³-hybridized carbons (Fsp3) is 0.571. The topological polar surface area (TPSA) is 45.6 Å². The Labute approximate surface area is 200 Å². The van der Waals surface area contributed by atoms with E-state index in [0.29, 0.717) is 19.5 Å². The van der Waals surface area contributed by atoms with E-state index in [2.05, 4.69) is 68.8 Å². The molecule has 0 bridgehead atoms. The van der Waals surface area contributed by atoms with E-state index >= 15 is 0 Å². The zero-order chi connectivity index (χ0) is 24.2. The number of nitrogens with zero attached hydrogens (tertiary/aromatic N) is 3. The molecule has 0 aliphatic heterocycles. The van der Waals surface area contributed by atoms with Crippen molar-refractivity contribution in [3.8, 4) is 0 Å². The number of aryl methyl sites for hydroxylation is 1. The van der Waals surface area contributed by atoms with Gasteiger partial charge in [-0.25, -0.2) is 0 Å². The van der Waals surface area contributed by atoms with Crippen molar-refractivity contribution in [3.63, 3.8) is 0 Å². The van der Waals surface area contributed by atoms with Crippen molar-refractivity contribution in [1.29, 1.82) is 0 Å². The SMILES string of the molecule is CCCCC(=O)N(CC(=O)N(CCCC)Cc1cccn1Cc1cccc(C)c1)C(C)CC. The fourth-order valence-corrected chi connectivity index (χ4v) is 4.02. The fourth-order valence-electron chi connectivity index (χ4n) is 4.02. The summed E-state index contributed by atoms with van der Waals surface area (Å²) < 4.78 is 2.22. The highest BCUT2D eigenvalue weighted by molar-refractivity contribution is 5.85. The molecule has 1 unspecified atom stereocenters. The normalized spacial score (nSPS) is 11.9. The maximum atomic E-state index is 13.4. The molecule has 1 atom stereocenters. The second-order valence-electron chi connectivity index (χ2n) is 9.17. The quantitative estimate of drug-likeness (QED) is 0.363. The second-order valence-corrected chi connectivity index (χ2v) is 9.17. The molecule has 1 aromatic carbocycles. The molecule has 0 aliphatic rings. The van der Waals surface area contributed by atoms with Crippen LogP contribution in [0.25, 0.3) is 0 Å². The highest BCUT2D eigenvalue weighted by atomic mass is 16.2. The van der Waals surface area contributed by atoms with Crippen LogP contribution in [0.3, 0.4) is 0 Å². The van der Waals surface area contributed by atoms with Crippen LogP contribution in [-0.4, -0.2) is 45.3 Å². The molecule has 2 rings (SSSR count). The number of unbranched alkanes of at least 4 members (excludes halogenated alkanes) is 2. The maximum Gasteiger partial charge on any atom is 0.242 e. The van der Waals surface area contributed by atoms with E-state index in [9.17, 15) is 9.59 Å². The first-order valence-corrected chi connectivity index (χ1v) is 12.7. The van der Waals surface area contributed by atoms with Crippen molar-refractivity contribution in [2.75, 3.05) is 13.1 Å². The Morgan fingerprint density at radius 1 is 1.00 bits per heavy atom. The first-order valence-electron chi connectivity index (χ1n) is 12.7. The molecule has 1 heterocycles. The predicted molar refractivity (Wildman–Crippen MR) is 136 cm³/mol. The molecular formula is C28H43N3O2. The Hall–Kier alpha value is -2.56. The van der Waals surface area contributed by atoms with Crippen molar-refractivity contribution in [3.05, 3.63) is 59.4 Å². The Morgan fingerprint density at radius 3 is 2.42 bits per heavy atom. The van der Waals surface area contributed by atoms with Crippen LogP contribution in [0, 0.1) is 6.92 Å². The molecule has 5 heteroatoms. The van der Waals surface area contributed by atoms with E-state index in [1.165, 1.54) is 11.1 Å². The van der Waals surface area contributed by atoms with Gasteiger partial charge in [0.15, 0.2) is 0 Å². The van der Waals surface area contributed by atoms with Crippen LogP contribution in [0.2, 0.25) is 0 Å². The summed E-state index contributed by atoms with van der Waals surface area (Å²) in [6.07, 6.45) is 7.28. The highest BCUT2D eigenvalue weighted by Gasteiger charge is 2.24. The lowest BCUT2D eigenvalue weighted by atomic mass is 10.1. The van der Waals surface area contributed by atoms with Crippen molar-refractivity contribution >= 4 is 11.8 Å². The summed E-state index contributed by atoms with van der Waals surface area (Å²) in [7, 11) is 0. The van der Waals surface area contributed by atoms with E-state index < -0.39 is 0 Å². The van der Waals surface area contributed by atoms with Crippen molar-refractivity contribution < 1.29 is 9.59 Å². The molecule has 0 aliphatic carbocycles. The molecule has 2 aromatic rings. The van der Waals surface area contributed by atoms with E-state index in [-0.39, 0.29) is 24.4 Å². The molecule has 33 heavy (non-hydrogen) atoms. The van der Waals surface area contributed by atoms with Crippen LogP contribution >= 0.6 is 0 Å². The summed E-state index contributed by atoms with van der Waals surface area (Å²) >= 11 is 0. The second kappa shape index (κ2) is 13.9. The van der Waals surface area contributed by atoms with Gasteiger partial charge in [0, 0.05) is 37.4 Å². The van der Waals surface area contributed by atoms with Gasteiger partial charge in [0.2, 0.25) is 11.8 Å². The lowest BCUT2D eigenvalue weighted by Crippen LogP contribution is -2.46. The van der Waals surface area contributed by atoms with Gasteiger partial charge < -0.3 is 14.4 Å². The smallest absolute Gasteiger partial charge is 0.242 e. The van der Waals surface area contributed by atoms with Crippen LogP contribution in [-0.2, 0) is 22.7 Å². The third kappa shape index (κ3) is 8.38. The summed E-state index contributed by atoms with van der Waals surface area (Å²) in [6.45, 7) is 12.7. The molecule has 0 spiro atoms. The molecule has 0 saturated heterocycles. The number of aromatic nitrogens is 1. The number of rotatable bonds is 14. The van der Waals surface area contributed by atoms with Crippen LogP contribution in [0.1, 0.15) is 83.0 Å². The summed E-state index contributed by atoms with van der Waals surface area (Å²) in [5, 5.41) is 0. The summed E-state index contributed by atoms with van der Waals surface area (Å²) in [6, 6.07) is 12.8. The van der Waals surface area contributed by atoms with Crippen LogP contribution in [0.4, 0.5) is 0 Å². The van der Waals surface area contributed by atoms with Gasteiger partial charge >= 0.3 is 0 Å². The standard InChI is InChI=1S/C28H43N3O2/c1-6-9-16-27(32)31(24(5)8-3)22-28(33)30(17-10-7-2)21-26-15-12-18-29(26)20-25-14-11-13-23(4)19-25/h11-15,18-19,24H,6-10,16-17,20-22H2,1-5H3. The molecule has 0 saturated carbocycles. The third-order valence-electron chi connectivity index (χ3n) is 6.34. The lowest BCUT2D eigenvalue weighted by Gasteiger charge is -2.31. The Morgan fingerprint density at radius 2 is 1.76 bits per heavy atom. The minimum absolute atomic E-state index is 0.0388. The number of amides is 2. The molecule has 2 amide bonds. The number of hydrogen-bond acceptors (Lipinski definition) is 2. The number of carbonyl (C=O) groups excluding carboxylic acids is 2. The number of carbonyl (C=O) groups is 2. The maximum absolute atomic E-state index is 13.4. The first-order chi connectivity index (χ1) is 15.9. The van der Waals surface area contributed by atoms with E-state index in [0.717, 1.165) is 44.3 Å². The average Bonchev–Trinajstić information content (AvgIpc) is 3.24.